The van der Waals surface area contributed by atoms with E-state index in [2.05, 4.69) is 0 Å². The van der Waals surface area contributed by atoms with Crippen LogP contribution >= 0.6 is 0 Å². The normalized spacial score (nSPS) is 22.6. The number of Topliss-reactive ketones (excluding diaryl/α,β-unsaturated/α-hetero) is 1. The third kappa shape index (κ3) is 5.74. The molecule has 4 atom stereocenters. The number of hydrogen-bond acceptors (Lipinski definition) is 9. The van der Waals surface area contributed by atoms with Gasteiger partial charge in [0.2, 0.25) is 6.10 Å². The van der Waals surface area contributed by atoms with Crippen LogP contribution in [-0.2, 0) is 23.7 Å². The van der Waals surface area contributed by atoms with Gasteiger partial charge < -0.3 is 24.1 Å². The third-order valence-corrected chi connectivity index (χ3v) is 5.77. The molecule has 0 aromatic heterocycles. The molecule has 1 heterocycles. The van der Waals surface area contributed by atoms with Gasteiger partial charge in [-0.1, -0.05) is 54.6 Å². The second kappa shape index (κ2) is 11.2. The van der Waals surface area contributed by atoms with Crippen molar-refractivity contribution in [3.63, 3.8) is 0 Å². The number of ketones is 1. The van der Waals surface area contributed by atoms with E-state index in [4.69, 9.17) is 18.9 Å². The van der Waals surface area contributed by atoms with Gasteiger partial charge in [0.25, 0.3) is 5.79 Å². The number of hydrogen-bond donors (Lipinski definition) is 1. The molecule has 3 aromatic carbocycles. The van der Waals surface area contributed by atoms with E-state index < -0.39 is 54.4 Å². The minimum atomic E-state index is -2.66. The molecule has 0 spiro atoms. The summed E-state index contributed by atoms with van der Waals surface area (Å²) < 4.78 is 22.0. The third-order valence-electron chi connectivity index (χ3n) is 5.77. The van der Waals surface area contributed by atoms with Gasteiger partial charge in [-0.2, -0.15) is 0 Å². The topological polar surface area (TPSA) is 125 Å². The predicted molar refractivity (Wildman–Crippen MR) is 129 cm³/mol. The van der Waals surface area contributed by atoms with Gasteiger partial charge in [-0.05, 0) is 36.4 Å². The van der Waals surface area contributed by atoms with Crippen LogP contribution in [0.2, 0.25) is 0 Å². The fourth-order valence-corrected chi connectivity index (χ4v) is 3.82. The van der Waals surface area contributed by atoms with Crippen molar-refractivity contribution in [1.29, 1.82) is 0 Å². The second-order valence-corrected chi connectivity index (χ2v) is 8.30. The highest BCUT2D eigenvalue weighted by atomic mass is 16.7. The van der Waals surface area contributed by atoms with Gasteiger partial charge >= 0.3 is 17.9 Å². The largest absolute Gasteiger partial charge is 0.459 e. The van der Waals surface area contributed by atoms with E-state index in [0.29, 0.717) is 0 Å². The van der Waals surface area contributed by atoms with Crippen LogP contribution in [0, 0.1) is 0 Å². The van der Waals surface area contributed by atoms with Crippen LogP contribution in [0.15, 0.2) is 91.0 Å². The first-order chi connectivity index (χ1) is 17.8. The van der Waals surface area contributed by atoms with E-state index in [-0.39, 0.29) is 16.7 Å². The highest BCUT2D eigenvalue weighted by molar-refractivity contribution is 5.92. The van der Waals surface area contributed by atoms with Crippen molar-refractivity contribution < 1.29 is 43.2 Å². The van der Waals surface area contributed by atoms with Crippen molar-refractivity contribution >= 4 is 23.7 Å². The van der Waals surface area contributed by atoms with Crippen LogP contribution in [0.1, 0.15) is 38.0 Å². The van der Waals surface area contributed by atoms with Gasteiger partial charge in [-0.15, -0.1) is 0 Å². The Kier molecular flexibility index (Phi) is 7.76. The number of rotatable bonds is 8. The fraction of sp³-hybridized carbons (Fsp3) is 0.214. The minimum Gasteiger partial charge on any atom is -0.459 e. The molecule has 0 bridgehead atoms. The zero-order chi connectivity index (χ0) is 26.4. The summed E-state index contributed by atoms with van der Waals surface area (Å²) in [6, 6.07) is 24.0. The number of carbonyl (C=O) groups excluding carboxylic acids is 4. The standard InChI is InChI=1S/C28H24O9/c1-18(29)28(33)24(36-27(32)21-15-9-4-10-16-21)23(35-26(31)20-13-7-3-8-14-20)22(37-28)17-34-25(30)19-11-5-2-6-12-19/h2-16,22-24,33H,17H2,1H3/t22-,23-,24-,28-/m0/s1. The summed E-state index contributed by atoms with van der Waals surface area (Å²) in [5.74, 6) is -5.95. The Balaban J connectivity index is 1.63. The zero-order valence-electron chi connectivity index (χ0n) is 19.8. The van der Waals surface area contributed by atoms with Crippen LogP contribution in [0.3, 0.4) is 0 Å². The molecule has 37 heavy (non-hydrogen) atoms. The van der Waals surface area contributed by atoms with E-state index in [1.807, 2.05) is 0 Å². The molecule has 1 aliphatic heterocycles. The van der Waals surface area contributed by atoms with Gasteiger partial charge in [0.15, 0.2) is 11.9 Å². The average Bonchev–Trinajstić information content (AvgIpc) is 3.20. The van der Waals surface area contributed by atoms with Gasteiger partial charge in [-0.25, -0.2) is 14.4 Å². The summed E-state index contributed by atoms with van der Waals surface area (Å²) >= 11 is 0. The van der Waals surface area contributed by atoms with Crippen LogP contribution in [0.25, 0.3) is 0 Å². The average molecular weight is 504 g/mol. The van der Waals surface area contributed by atoms with Gasteiger partial charge in [0.05, 0.1) is 16.7 Å². The summed E-state index contributed by atoms with van der Waals surface area (Å²) in [5.41, 5.74) is 0.571. The molecule has 4 rings (SSSR count). The Bertz CT molecular complexity index is 1260. The molecule has 1 aliphatic rings. The second-order valence-electron chi connectivity index (χ2n) is 8.30. The number of aliphatic hydroxyl groups is 1. The summed E-state index contributed by atoms with van der Waals surface area (Å²) in [6.45, 7) is 0.535. The molecule has 3 aromatic rings. The minimum absolute atomic E-state index is 0.139. The highest BCUT2D eigenvalue weighted by Gasteiger charge is 2.62. The first-order valence-corrected chi connectivity index (χ1v) is 11.4. The zero-order valence-corrected chi connectivity index (χ0v) is 19.8. The molecule has 0 amide bonds. The Labute approximate surface area is 212 Å². The van der Waals surface area contributed by atoms with Crippen LogP contribution < -0.4 is 0 Å². The lowest BCUT2D eigenvalue weighted by Crippen LogP contribution is -2.52. The molecule has 0 aliphatic carbocycles. The van der Waals surface area contributed by atoms with E-state index in [1.165, 1.54) is 24.3 Å². The molecule has 9 heteroatoms. The molecule has 1 fully saturated rings. The van der Waals surface area contributed by atoms with Crippen molar-refractivity contribution in [3.05, 3.63) is 108 Å². The lowest BCUT2D eigenvalue weighted by molar-refractivity contribution is -0.222. The van der Waals surface area contributed by atoms with Gasteiger partial charge in [0.1, 0.15) is 12.7 Å². The maximum absolute atomic E-state index is 12.9. The monoisotopic (exact) mass is 504 g/mol. The summed E-state index contributed by atoms with van der Waals surface area (Å²) in [5, 5.41) is 11.1. The smallest absolute Gasteiger partial charge is 0.338 e. The van der Waals surface area contributed by atoms with Gasteiger partial charge in [-0.3, -0.25) is 4.79 Å². The number of ether oxygens (including phenoxy) is 4. The first kappa shape index (κ1) is 25.7. The Morgan fingerprint density at radius 2 is 1.16 bits per heavy atom. The van der Waals surface area contributed by atoms with Gasteiger partial charge in [0, 0.05) is 6.92 Å². The number of carbonyl (C=O) groups is 4. The van der Waals surface area contributed by atoms with Crippen LogP contribution in [-0.4, -0.2) is 59.5 Å². The van der Waals surface area contributed by atoms with Crippen molar-refractivity contribution in [2.75, 3.05) is 6.61 Å². The quantitative estimate of drug-likeness (QED) is 0.364. The van der Waals surface area contributed by atoms with E-state index in [1.54, 1.807) is 66.7 Å². The molecule has 9 nitrogen and oxygen atoms in total. The van der Waals surface area contributed by atoms with Crippen molar-refractivity contribution in [2.24, 2.45) is 0 Å². The van der Waals surface area contributed by atoms with Crippen molar-refractivity contribution in [1.82, 2.24) is 0 Å². The summed E-state index contributed by atoms with van der Waals surface area (Å²) in [4.78, 5) is 50.7. The predicted octanol–water partition coefficient (Wildman–Crippen LogP) is 2.97. The molecular weight excluding hydrogens is 480 g/mol. The molecule has 0 unspecified atom stereocenters. The van der Waals surface area contributed by atoms with E-state index in [9.17, 15) is 24.3 Å². The maximum atomic E-state index is 12.9. The molecule has 1 N–H and O–H groups in total. The molecule has 1 saturated heterocycles. The first-order valence-electron chi connectivity index (χ1n) is 11.4. The van der Waals surface area contributed by atoms with E-state index in [0.717, 1.165) is 6.92 Å². The lowest BCUT2D eigenvalue weighted by atomic mass is 10.0. The maximum Gasteiger partial charge on any atom is 0.338 e. The number of benzene rings is 3. The molecular formula is C28H24O9. The Morgan fingerprint density at radius 3 is 1.62 bits per heavy atom. The van der Waals surface area contributed by atoms with E-state index >= 15 is 0 Å². The summed E-state index contributed by atoms with van der Waals surface area (Å²) in [6.07, 6.45) is -4.56. The Morgan fingerprint density at radius 1 is 0.730 bits per heavy atom. The van der Waals surface area contributed by atoms with Crippen molar-refractivity contribution in [2.45, 2.75) is 31.0 Å². The van der Waals surface area contributed by atoms with Crippen LogP contribution in [0.4, 0.5) is 0 Å². The van der Waals surface area contributed by atoms with Crippen molar-refractivity contribution in [3.8, 4) is 0 Å². The number of esters is 3. The Hall–Kier alpha value is -4.34. The summed E-state index contributed by atoms with van der Waals surface area (Å²) in [7, 11) is 0. The molecule has 0 radical (unpaired) electrons. The van der Waals surface area contributed by atoms with Crippen LogP contribution in [0.5, 0.6) is 0 Å². The fourth-order valence-electron chi connectivity index (χ4n) is 3.82. The highest BCUT2D eigenvalue weighted by Crippen LogP contribution is 2.36. The lowest BCUT2D eigenvalue weighted by Gasteiger charge is -2.27. The molecule has 0 saturated carbocycles. The SMILES string of the molecule is CC(=O)[C@]1(O)O[C@@H](COC(=O)c2ccccc2)[C@H](OC(=O)c2ccccc2)[C@@H]1OC(=O)c1ccccc1. The molecule has 190 valence electrons.